The second-order valence-corrected chi connectivity index (χ2v) is 5.85. The number of nitrogens with two attached hydrogens (primary N) is 1. The van der Waals surface area contributed by atoms with Crippen LogP contribution in [-0.2, 0) is 4.79 Å². The number of carbonyl (C=O) groups is 1. The van der Waals surface area contributed by atoms with Crippen LogP contribution in [0.25, 0.3) is 0 Å². The van der Waals surface area contributed by atoms with E-state index in [1.54, 1.807) is 6.07 Å². The van der Waals surface area contributed by atoms with Gasteiger partial charge >= 0.3 is 0 Å². The van der Waals surface area contributed by atoms with E-state index >= 15 is 0 Å². The molecule has 20 heavy (non-hydrogen) atoms. The van der Waals surface area contributed by atoms with Crippen LogP contribution in [0.15, 0.2) is 24.3 Å². The fourth-order valence-corrected chi connectivity index (χ4v) is 3.55. The maximum absolute atomic E-state index is 12.3. The Morgan fingerprint density at radius 1 is 1.30 bits per heavy atom. The van der Waals surface area contributed by atoms with E-state index < -0.39 is 0 Å². The molecule has 2 N–H and O–H groups in total. The van der Waals surface area contributed by atoms with Gasteiger partial charge in [0.05, 0.1) is 0 Å². The first-order valence-corrected chi connectivity index (χ1v) is 7.52. The van der Waals surface area contributed by atoms with E-state index in [4.69, 9.17) is 10.5 Å². The summed E-state index contributed by atoms with van der Waals surface area (Å²) in [4.78, 5) is 14.4. The van der Waals surface area contributed by atoms with Gasteiger partial charge in [-0.15, -0.1) is 0 Å². The molecule has 1 saturated carbocycles. The number of amides is 1. The van der Waals surface area contributed by atoms with Crippen molar-refractivity contribution in [3.63, 3.8) is 0 Å². The van der Waals surface area contributed by atoms with Gasteiger partial charge in [0, 0.05) is 24.3 Å². The first-order valence-electron chi connectivity index (χ1n) is 7.52. The number of likely N-dealkylation sites (tertiary alicyclic amines) is 1. The van der Waals surface area contributed by atoms with Crippen LogP contribution >= 0.6 is 0 Å². The standard InChI is InChI=1S/C16H22N2O2/c17-13-5-3-6-14(10-13)20-11-16(19)18-9-8-12-4-1-2-7-15(12)18/h3,5-6,10,12,15H,1-2,4,7-9,11,17H2. The molecule has 1 amide bonds. The molecule has 2 atom stereocenters. The molecule has 0 aromatic heterocycles. The van der Waals surface area contributed by atoms with E-state index in [0.29, 0.717) is 17.5 Å². The van der Waals surface area contributed by atoms with Crippen molar-refractivity contribution in [2.24, 2.45) is 5.92 Å². The highest BCUT2D eigenvalue weighted by molar-refractivity contribution is 5.78. The second kappa shape index (κ2) is 5.73. The third-order valence-electron chi connectivity index (χ3n) is 4.55. The SMILES string of the molecule is Nc1cccc(OCC(=O)N2CCC3CCCCC32)c1. The van der Waals surface area contributed by atoms with E-state index in [-0.39, 0.29) is 12.5 Å². The third-order valence-corrected chi connectivity index (χ3v) is 4.55. The fourth-order valence-electron chi connectivity index (χ4n) is 3.55. The van der Waals surface area contributed by atoms with Crippen molar-refractivity contribution in [3.8, 4) is 5.75 Å². The molecule has 1 aliphatic heterocycles. The highest BCUT2D eigenvalue weighted by Gasteiger charge is 2.38. The van der Waals surface area contributed by atoms with Gasteiger partial charge in [-0.25, -0.2) is 0 Å². The van der Waals surface area contributed by atoms with Gasteiger partial charge in [-0.3, -0.25) is 4.79 Å². The van der Waals surface area contributed by atoms with Crippen LogP contribution in [0.1, 0.15) is 32.1 Å². The Morgan fingerprint density at radius 2 is 2.15 bits per heavy atom. The van der Waals surface area contributed by atoms with Crippen molar-refractivity contribution in [2.45, 2.75) is 38.1 Å². The van der Waals surface area contributed by atoms with E-state index in [0.717, 1.165) is 25.3 Å². The molecule has 0 spiro atoms. The zero-order valence-corrected chi connectivity index (χ0v) is 11.8. The number of nitrogen functional groups attached to an aromatic ring is 1. The van der Waals surface area contributed by atoms with Crippen molar-refractivity contribution in [1.29, 1.82) is 0 Å². The Balaban J connectivity index is 1.57. The van der Waals surface area contributed by atoms with Crippen molar-refractivity contribution in [1.82, 2.24) is 4.90 Å². The summed E-state index contributed by atoms with van der Waals surface area (Å²) in [6.45, 7) is 1.02. The van der Waals surface area contributed by atoms with Crippen LogP contribution in [0.4, 0.5) is 5.69 Å². The third kappa shape index (κ3) is 2.74. The van der Waals surface area contributed by atoms with Crippen LogP contribution in [0.2, 0.25) is 0 Å². The first-order chi connectivity index (χ1) is 9.74. The van der Waals surface area contributed by atoms with Gasteiger partial charge in [-0.1, -0.05) is 18.9 Å². The smallest absolute Gasteiger partial charge is 0.260 e. The van der Waals surface area contributed by atoms with Gasteiger partial charge in [-0.2, -0.15) is 0 Å². The Labute approximate surface area is 119 Å². The Hall–Kier alpha value is -1.71. The highest BCUT2D eigenvalue weighted by Crippen LogP contribution is 2.36. The molecule has 2 unspecified atom stereocenters. The van der Waals surface area contributed by atoms with E-state index in [1.807, 2.05) is 23.1 Å². The lowest BCUT2D eigenvalue weighted by Crippen LogP contribution is -2.41. The molecule has 1 aromatic rings. The number of rotatable bonds is 3. The summed E-state index contributed by atoms with van der Waals surface area (Å²) in [5.41, 5.74) is 6.36. The summed E-state index contributed by atoms with van der Waals surface area (Å²) in [5.74, 6) is 1.50. The molecule has 0 radical (unpaired) electrons. The van der Waals surface area contributed by atoms with Gasteiger partial charge in [0.25, 0.3) is 5.91 Å². The number of hydrogen-bond acceptors (Lipinski definition) is 3. The minimum absolute atomic E-state index is 0.113. The van der Waals surface area contributed by atoms with Crippen LogP contribution in [0.5, 0.6) is 5.75 Å². The van der Waals surface area contributed by atoms with E-state index in [1.165, 1.54) is 19.3 Å². The lowest BCUT2D eigenvalue weighted by atomic mass is 9.85. The first kappa shape index (κ1) is 13.3. The molecule has 1 heterocycles. The molecule has 2 fully saturated rings. The number of carbonyl (C=O) groups excluding carboxylic acids is 1. The number of ether oxygens (including phenoxy) is 1. The fraction of sp³-hybridized carbons (Fsp3) is 0.562. The minimum atomic E-state index is 0.113. The van der Waals surface area contributed by atoms with Gasteiger partial charge < -0.3 is 15.4 Å². The molecule has 0 bridgehead atoms. The molecule has 108 valence electrons. The summed E-state index contributed by atoms with van der Waals surface area (Å²) in [6.07, 6.45) is 6.18. The maximum Gasteiger partial charge on any atom is 0.260 e. The normalized spacial score (nSPS) is 25.3. The zero-order chi connectivity index (χ0) is 13.9. The average molecular weight is 274 g/mol. The summed E-state index contributed by atoms with van der Waals surface area (Å²) in [6, 6.07) is 7.68. The van der Waals surface area contributed by atoms with Crippen molar-refractivity contribution in [3.05, 3.63) is 24.3 Å². The molecule has 1 saturated heterocycles. The largest absolute Gasteiger partial charge is 0.484 e. The lowest BCUT2D eigenvalue weighted by molar-refractivity contribution is -0.134. The molecular weight excluding hydrogens is 252 g/mol. The van der Waals surface area contributed by atoms with Gasteiger partial charge in [0.2, 0.25) is 0 Å². The minimum Gasteiger partial charge on any atom is -0.484 e. The predicted octanol–water partition coefficient (Wildman–Crippen LogP) is 2.44. The lowest BCUT2D eigenvalue weighted by Gasteiger charge is -2.31. The number of hydrogen-bond donors (Lipinski definition) is 1. The summed E-state index contributed by atoms with van der Waals surface area (Å²) in [7, 11) is 0. The zero-order valence-electron chi connectivity index (χ0n) is 11.8. The number of fused-ring (bicyclic) bond motifs is 1. The monoisotopic (exact) mass is 274 g/mol. The molecule has 4 nitrogen and oxygen atoms in total. The van der Waals surface area contributed by atoms with Crippen LogP contribution < -0.4 is 10.5 Å². The number of benzene rings is 1. The molecule has 1 aliphatic carbocycles. The molecular formula is C16H22N2O2. The second-order valence-electron chi connectivity index (χ2n) is 5.85. The molecule has 1 aromatic carbocycles. The Bertz CT molecular complexity index is 489. The van der Waals surface area contributed by atoms with E-state index in [9.17, 15) is 4.79 Å². The van der Waals surface area contributed by atoms with Crippen LogP contribution in [0.3, 0.4) is 0 Å². The summed E-state index contributed by atoms with van der Waals surface area (Å²) in [5, 5.41) is 0. The Kier molecular flexibility index (Phi) is 3.81. The molecule has 3 rings (SSSR count). The predicted molar refractivity (Wildman–Crippen MR) is 78.4 cm³/mol. The van der Waals surface area contributed by atoms with Crippen molar-refractivity contribution in [2.75, 3.05) is 18.9 Å². The topological polar surface area (TPSA) is 55.6 Å². The van der Waals surface area contributed by atoms with E-state index in [2.05, 4.69) is 0 Å². The molecule has 4 heteroatoms. The molecule has 2 aliphatic rings. The number of anilines is 1. The maximum atomic E-state index is 12.3. The summed E-state index contributed by atoms with van der Waals surface area (Å²) < 4.78 is 5.57. The summed E-state index contributed by atoms with van der Waals surface area (Å²) >= 11 is 0. The van der Waals surface area contributed by atoms with Crippen LogP contribution in [-0.4, -0.2) is 30.0 Å². The highest BCUT2D eigenvalue weighted by atomic mass is 16.5. The van der Waals surface area contributed by atoms with Gasteiger partial charge in [0.15, 0.2) is 6.61 Å². The number of nitrogens with zero attached hydrogens (tertiary/aromatic N) is 1. The van der Waals surface area contributed by atoms with Gasteiger partial charge in [0.1, 0.15) is 5.75 Å². The Morgan fingerprint density at radius 3 is 3.00 bits per heavy atom. The van der Waals surface area contributed by atoms with Crippen LogP contribution in [0, 0.1) is 5.92 Å². The van der Waals surface area contributed by atoms with Crippen molar-refractivity contribution < 1.29 is 9.53 Å². The quantitative estimate of drug-likeness (QED) is 0.861. The van der Waals surface area contributed by atoms with Crippen molar-refractivity contribution >= 4 is 11.6 Å². The van der Waals surface area contributed by atoms with Gasteiger partial charge in [-0.05, 0) is 37.3 Å². The average Bonchev–Trinajstić information content (AvgIpc) is 2.89.